The first kappa shape index (κ1) is 11.5. The molecule has 0 amide bonds. The fourth-order valence-electron chi connectivity index (χ4n) is 1.76. The van der Waals surface area contributed by atoms with E-state index in [4.69, 9.17) is 0 Å². The van der Waals surface area contributed by atoms with Gasteiger partial charge in [0.25, 0.3) is 0 Å². The third kappa shape index (κ3) is 4.07. The smallest absolute Gasteiger partial charge is 0.305 e. The molecule has 0 radical (unpaired) electrons. The van der Waals surface area contributed by atoms with Gasteiger partial charge in [0.05, 0.1) is 7.11 Å². The summed E-state index contributed by atoms with van der Waals surface area (Å²) in [4.78, 5) is 13.3. The van der Waals surface area contributed by atoms with Gasteiger partial charge < -0.3 is 15.0 Å². The monoisotopic (exact) mass is 200 g/mol. The zero-order chi connectivity index (χ0) is 10.4. The number of ether oxygens (including phenoxy) is 1. The normalized spacial score (nSPS) is 23.4. The van der Waals surface area contributed by atoms with Crippen LogP contribution in [0.1, 0.15) is 19.8 Å². The number of carbonyl (C=O) groups excluding carboxylic acids is 1. The average Bonchev–Trinajstić information content (AvgIpc) is 2.17. The Labute approximate surface area is 85.6 Å². The molecule has 0 saturated carbocycles. The Morgan fingerprint density at radius 1 is 1.64 bits per heavy atom. The maximum atomic E-state index is 10.9. The van der Waals surface area contributed by atoms with Crippen LogP contribution in [0.15, 0.2) is 0 Å². The van der Waals surface area contributed by atoms with Gasteiger partial charge in [-0.15, -0.1) is 0 Å². The lowest BCUT2D eigenvalue weighted by molar-refractivity contribution is -0.140. The number of methoxy groups -OCH3 is 1. The molecule has 1 aliphatic rings. The van der Waals surface area contributed by atoms with Crippen LogP contribution >= 0.6 is 0 Å². The Balaban J connectivity index is 2.08. The van der Waals surface area contributed by atoms with Crippen LogP contribution in [-0.4, -0.2) is 50.2 Å². The summed E-state index contributed by atoms with van der Waals surface area (Å²) in [5, 5.41) is 3.39. The predicted octanol–water partition coefficient (Wildman–Crippen LogP) is 0.233. The first-order chi connectivity index (χ1) is 6.72. The van der Waals surface area contributed by atoms with E-state index >= 15 is 0 Å². The van der Waals surface area contributed by atoms with Gasteiger partial charge in [-0.25, -0.2) is 0 Å². The molecule has 82 valence electrons. The van der Waals surface area contributed by atoms with Crippen molar-refractivity contribution in [3.63, 3.8) is 0 Å². The Morgan fingerprint density at radius 2 is 2.43 bits per heavy atom. The summed E-state index contributed by atoms with van der Waals surface area (Å²) < 4.78 is 4.59. The highest BCUT2D eigenvalue weighted by Gasteiger charge is 2.14. The van der Waals surface area contributed by atoms with E-state index in [0.29, 0.717) is 12.5 Å². The van der Waals surface area contributed by atoms with Crippen LogP contribution in [0.3, 0.4) is 0 Å². The highest BCUT2D eigenvalue weighted by atomic mass is 16.5. The molecular formula is C10H20N2O2. The Kier molecular flexibility index (Phi) is 4.90. The minimum Gasteiger partial charge on any atom is -0.469 e. The van der Waals surface area contributed by atoms with Gasteiger partial charge in [-0.05, 0) is 19.9 Å². The van der Waals surface area contributed by atoms with Gasteiger partial charge >= 0.3 is 5.97 Å². The first-order valence-corrected chi connectivity index (χ1v) is 5.25. The van der Waals surface area contributed by atoms with E-state index < -0.39 is 0 Å². The summed E-state index contributed by atoms with van der Waals surface area (Å²) in [5.41, 5.74) is 0. The van der Waals surface area contributed by atoms with Gasteiger partial charge in [0.1, 0.15) is 0 Å². The van der Waals surface area contributed by atoms with E-state index in [9.17, 15) is 4.79 Å². The third-order valence-electron chi connectivity index (χ3n) is 2.54. The minimum absolute atomic E-state index is 0.104. The second-order valence-electron chi connectivity index (χ2n) is 3.84. The number of esters is 1. The molecule has 0 spiro atoms. The van der Waals surface area contributed by atoms with Crippen molar-refractivity contribution in [2.45, 2.75) is 25.8 Å². The molecule has 1 heterocycles. The fraction of sp³-hybridized carbons (Fsp3) is 0.900. The molecule has 1 atom stereocenters. The number of piperazine rings is 1. The molecule has 1 rings (SSSR count). The number of nitrogens with zero attached hydrogens (tertiary/aromatic N) is 1. The third-order valence-corrected chi connectivity index (χ3v) is 2.54. The van der Waals surface area contributed by atoms with Gasteiger partial charge in [0.2, 0.25) is 0 Å². The van der Waals surface area contributed by atoms with Crippen molar-refractivity contribution in [3.8, 4) is 0 Å². The van der Waals surface area contributed by atoms with E-state index in [1.54, 1.807) is 0 Å². The molecule has 0 aromatic carbocycles. The molecule has 0 aromatic heterocycles. The van der Waals surface area contributed by atoms with Crippen LogP contribution in [0.25, 0.3) is 0 Å². The maximum Gasteiger partial charge on any atom is 0.305 e. The summed E-state index contributed by atoms with van der Waals surface area (Å²) >= 11 is 0. The quantitative estimate of drug-likeness (QED) is 0.660. The number of hydrogen-bond acceptors (Lipinski definition) is 4. The molecule has 1 saturated heterocycles. The number of rotatable bonds is 4. The molecule has 0 aliphatic carbocycles. The number of carbonyl (C=O) groups is 1. The standard InChI is InChI=1S/C10H20N2O2/c1-9-8-12(7-5-11-9)6-3-4-10(13)14-2/h9,11H,3-8H2,1-2H3. The van der Waals surface area contributed by atoms with Crippen molar-refractivity contribution in [2.24, 2.45) is 0 Å². The van der Waals surface area contributed by atoms with Crippen molar-refractivity contribution in [1.29, 1.82) is 0 Å². The SMILES string of the molecule is COC(=O)CCCN1CCNC(C)C1. The van der Waals surface area contributed by atoms with Gasteiger partial charge in [-0.2, -0.15) is 0 Å². The van der Waals surface area contributed by atoms with Gasteiger partial charge in [0.15, 0.2) is 0 Å². The summed E-state index contributed by atoms with van der Waals surface area (Å²) in [5.74, 6) is -0.104. The lowest BCUT2D eigenvalue weighted by Gasteiger charge is -2.31. The van der Waals surface area contributed by atoms with Crippen molar-refractivity contribution in [3.05, 3.63) is 0 Å². The molecule has 0 aromatic rings. The summed E-state index contributed by atoms with van der Waals surface area (Å²) in [6.07, 6.45) is 1.44. The highest BCUT2D eigenvalue weighted by molar-refractivity contribution is 5.69. The predicted molar refractivity (Wildman–Crippen MR) is 55.2 cm³/mol. The van der Waals surface area contributed by atoms with Crippen LogP contribution < -0.4 is 5.32 Å². The van der Waals surface area contributed by atoms with Gasteiger partial charge in [0, 0.05) is 32.1 Å². The van der Waals surface area contributed by atoms with Crippen LogP contribution in [0.4, 0.5) is 0 Å². The van der Waals surface area contributed by atoms with E-state index in [1.807, 2.05) is 0 Å². The summed E-state index contributed by atoms with van der Waals surface area (Å²) in [6, 6.07) is 0.571. The zero-order valence-electron chi connectivity index (χ0n) is 9.08. The molecule has 1 fully saturated rings. The number of nitrogens with one attached hydrogen (secondary N) is 1. The molecule has 1 N–H and O–H groups in total. The van der Waals surface area contributed by atoms with Crippen molar-refractivity contribution in [1.82, 2.24) is 10.2 Å². The second kappa shape index (κ2) is 5.98. The van der Waals surface area contributed by atoms with Crippen molar-refractivity contribution >= 4 is 5.97 Å². The van der Waals surface area contributed by atoms with E-state index in [1.165, 1.54) is 7.11 Å². The lowest BCUT2D eigenvalue weighted by Crippen LogP contribution is -2.49. The second-order valence-corrected chi connectivity index (χ2v) is 3.84. The topological polar surface area (TPSA) is 41.6 Å². The number of hydrogen-bond donors (Lipinski definition) is 1. The first-order valence-electron chi connectivity index (χ1n) is 5.25. The fourth-order valence-corrected chi connectivity index (χ4v) is 1.76. The van der Waals surface area contributed by atoms with Crippen molar-refractivity contribution in [2.75, 3.05) is 33.3 Å². The highest BCUT2D eigenvalue weighted by Crippen LogP contribution is 2.01. The van der Waals surface area contributed by atoms with Gasteiger partial charge in [-0.3, -0.25) is 4.79 Å². The molecular weight excluding hydrogens is 180 g/mol. The van der Waals surface area contributed by atoms with Crippen LogP contribution in [-0.2, 0) is 9.53 Å². The maximum absolute atomic E-state index is 10.9. The molecule has 4 nitrogen and oxygen atoms in total. The van der Waals surface area contributed by atoms with Crippen LogP contribution in [0, 0.1) is 0 Å². The minimum atomic E-state index is -0.104. The summed E-state index contributed by atoms with van der Waals surface area (Å²) in [7, 11) is 1.44. The molecule has 14 heavy (non-hydrogen) atoms. The Bertz CT molecular complexity index is 185. The molecule has 4 heteroatoms. The van der Waals surface area contributed by atoms with Crippen LogP contribution in [0.2, 0.25) is 0 Å². The lowest BCUT2D eigenvalue weighted by atomic mass is 10.2. The largest absolute Gasteiger partial charge is 0.469 e. The molecule has 1 aliphatic heterocycles. The Morgan fingerprint density at radius 3 is 3.07 bits per heavy atom. The average molecular weight is 200 g/mol. The van der Waals surface area contributed by atoms with E-state index in [-0.39, 0.29) is 5.97 Å². The van der Waals surface area contributed by atoms with E-state index in [2.05, 4.69) is 21.9 Å². The van der Waals surface area contributed by atoms with Crippen LogP contribution in [0.5, 0.6) is 0 Å². The summed E-state index contributed by atoms with van der Waals surface area (Å²) in [6.45, 7) is 6.42. The zero-order valence-corrected chi connectivity index (χ0v) is 9.08. The molecule has 0 bridgehead atoms. The van der Waals surface area contributed by atoms with E-state index in [0.717, 1.165) is 32.6 Å². The van der Waals surface area contributed by atoms with Gasteiger partial charge in [-0.1, -0.05) is 0 Å². The molecule has 1 unspecified atom stereocenters. The Hall–Kier alpha value is -0.610. The van der Waals surface area contributed by atoms with Crippen molar-refractivity contribution < 1.29 is 9.53 Å².